The minimum Gasteiger partial charge on any atom is -0.362 e. The van der Waals surface area contributed by atoms with E-state index in [0.717, 1.165) is 38.7 Å². The van der Waals surface area contributed by atoms with Crippen LogP contribution in [0, 0.1) is 5.82 Å². The summed E-state index contributed by atoms with van der Waals surface area (Å²) < 4.78 is 54.3. The third-order valence-electron chi connectivity index (χ3n) is 5.78. The maximum Gasteiger partial charge on any atom is 0.417 e. The minimum absolute atomic E-state index is 0.257. The van der Waals surface area contributed by atoms with Crippen LogP contribution in [0.3, 0.4) is 0 Å². The van der Waals surface area contributed by atoms with Crippen LogP contribution in [0.5, 0.6) is 0 Å². The molecule has 2 aromatic heterocycles. The molecule has 2 heterocycles. The lowest BCUT2D eigenvalue weighted by Crippen LogP contribution is -2.47. The highest BCUT2D eigenvalue weighted by molar-refractivity contribution is 6.33. The number of nitrogens with one attached hydrogen (secondary N) is 1. The van der Waals surface area contributed by atoms with E-state index in [0.29, 0.717) is 28.5 Å². The van der Waals surface area contributed by atoms with Gasteiger partial charge in [-0.05, 0) is 48.0 Å². The number of benzene rings is 2. The second-order valence-corrected chi connectivity index (χ2v) is 9.43. The topological polar surface area (TPSA) is 89.2 Å². The monoisotopic (exact) mass is 607 g/mol. The Morgan fingerprint density at radius 3 is 2.34 bits per heavy atom. The predicted molar refractivity (Wildman–Crippen MR) is 147 cm³/mol. The SMILES string of the molecule is CN(c1ncc(C(F)(F)F)cc1Cl)n1cc(C(=O)C=CNc2ccc(Cl)cc2)c(=O)n(Cc2ccc(F)cc2)c1=O. The van der Waals surface area contributed by atoms with Gasteiger partial charge in [0.2, 0.25) is 0 Å². The van der Waals surface area contributed by atoms with Gasteiger partial charge in [0.05, 0.1) is 17.1 Å². The molecule has 0 aliphatic carbocycles. The molecule has 1 N–H and O–H groups in total. The summed E-state index contributed by atoms with van der Waals surface area (Å²) in [5, 5.41) is 3.91. The number of anilines is 2. The number of hydrogen-bond donors (Lipinski definition) is 1. The van der Waals surface area contributed by atoms with E-state index in [9.17, 15) is 31.9 Å². The molecule has 0 atom stereocenters. The van der Waals surface area contributed by atoms with E-state index in [1.54, 1.807) is 24.3 Å². The number of hydrogen-bond acceptors (Lipinski definition) is 6. The fourth-order valence-electron chi connectivity index (χ4n) is 3.66. The molecule has 0 saturated carbocycles. The van der Waals surface area contributed by atoms with E-state index >= 15 is 0 Å². The van der Waals surface area contributed by atoms with Crippen molar-refractivity contribution >= 4 is 40.5 Å². The van der Waals surface area contributed by atoms with Crippen LogP contribution in [0.25, 0.3) is 0 Å². The maximum absolute atomic E-state index is 13.4. The lowest BCUT2D eigenvalue weighted by molar-refractivity contribution is -0.137. The van der Waals surface area contributed by atoms with Crippen molar-refractivity contribution in [3.8, 4) is 0 Å². The molecule has 41 heavy (non-hydrogen) atoms. The van der Waals surface area contributed by atoms with Crippen molar-refractivity contribution in [2.75, 3.05) is 17.4 Å². The van der Waals surface area contributed by atoms with Gasteiger partial charge in [0.1, 0.15) is 11.4 Å². The Kier molecular flexibility index (Phi) is 8.64. The molecule has 0 fully saturated rings. The standard InChI is InChI=1S/C27H19Cl2F4N5O3/c1-36(24-22(29)12-17(13-35-24)27(31,32)33)38-15-21(23(39)10-11-34-20-8-4-18(28)5-9-20)25(40)37(26(38)41)14-16-2-6-19(30)7-3-16/h2-13,15,34H,14H2,1H3. The zero-order chi connectivity index (χ0) is 29.9. The Balaban J connectivity index is 1.77. The van der Waals surface area contributed by atoms with E-state index in [-0.39, 0.29) is 12.4 Å². The van der Waals surface area contributed by atoms with Crippen molar-refractivity contribution in [1.29, 1.82) is 0 Å². The van der Waals surface area contributed by atoms with Crippen LogP contribution in [-0.4, -0.2) is 27.1 Å². The van der Waals surface area contributed by atoms with Gasteiger partial charge >= 0.3 is 11.9 Å². The second-order valence-electron chi connectivity index (χ2n) is 8.59. The van der Waals surface area contributed by atoms with Gasteiger partial charge in [-0.25, -0.2) is 18.8 Å². The van der Waals surface area contributed by atoms with E-state index in [1.807, 2.05) is 0 Å². The molecular weight excluding hydrogens is 589 g/mol. The molecule has 8 nitrogen and oxygen atoms in total. The van der Waals surface area contributed by atoms with Crippen LogP contribution >= 0.6 is 23.2 Å². The number of ketones is 1. The first-order valence-electron chi connectivity index (χ1n) is 11.7. The molecule has 0 radical (unpaired) electrons. The molecule has 2 aromatic carbocycles. The summed E-state index contributed by atoms with van der Waals surface area (Å²) in [5.74, 6) is -1.59. The zero-order valence-corrected chi connectivity index (χ0v) is 22.5. The van der Waals surface area contributed by atoms with Gasteiger partial charge in [0.15, 0.2) is 11.6 Å². The van der Waals surface area contributed by atoms with Crippen LogP contribution < -0.4 is 21.6 Å². The van der Waals surface area contributed by atoms with Gasteiger partial charge in [0, 0.05) is 42.4 Å². The van der Waals surface area contributed by atoms with Gasteiger partial charge in [-0.15, -0.1) is 0 Å². The van der Waals surface area contributed by atoms with Gasteiger partial charge in [-0.1, -0.05) is 35.3 Å². The molecule has 0 unspecified atom stereocenters. The summed E-state index contributed by atoms with van der Waals surface area (Å²) in [6.07, 6.45) is -0.890. The first kappa shape index (κ1) is 29.6. The molecule has 0 bridgehead atoms. The van der Waals surface area contributed by atoms with E-state index in [4.69, 9.17) is 23.2 Å². The number of halogens is 6. The van der Waals surface area contributed by atoms with Crippen LogP contribution in [-0.2, 0) is 12.7 Å². The number of pyridine rings is 1. The Morgan fingerprint density at radius 2 is 1.73 bits per heavy atom. The normalized spacial score (nSPS) is 11.6. The van der Waals surface area contributed by atoms with Gasteiger partial charge in [-0.2, -0.15) is 13.2 Å². The fourth-order valence-corrected chi connectivity index (χ4v) is 4.07. The Morgan fingerprint density at radius 1 is 1.07 bits per heavy atom. The summed E-state index contributed by atoms with van der Waals surface area (Å²) >= 11 is 11.9. The molecule has 14 heteroatoms. The van der Waals surface area contributed by atoms with Gasteiger partial charge in [-0.3, -0.25) is 19.2 Å². The quantitative estimate of drug-likeness (QED) is 0.159. The van der Waals surface area contributed by atoms with Crippen LogP contribution in [0.1, 0.15) is 21.5 Å². The smallest absolute Gasteiger partial charge is 0.362 e. The summed E-state index contributed by atoms with van der Waals surface area (Å²) in [6, 6.07) is 12.2. The van der Waals surface area contributed by atoms with E-state index in [2.05, 4.69) is 10.3 Å². The molecule has 4 aromatic rings. The van der Waals surface area contributed by atoms with Crippen molar-refractivity contribution in [1.82, 2.24) is 14.2 Å². The average Bonchev–Trinajstić information content (AvgIpc) is 2.92. The summed E-state index contributed by atoms with van der Waals surface area (Å²) in [6.45, 7) is -0.339. The minimum atomic E-state index is -4.71. The van der Waals surface area contributed by atoms with E-state index < -0.39 is 45.2 Å². The van der Waals surface area contributed by atoms with Crippen molar-refractivity contribution in [2.45, 2.75) is 12.7 Å². The summed E-state index contributed by atoms with van der Waals surface area (Å²) in [5.41, 5.74) is -2.50. The first-order valence-corrected chi connectivity index (χ1v) is 12.4. The largest absolute Gasteiger partial charge is 0.417 e. The Hall–Kier alpha value is -4.42. The maximum atomic E-state index is 13.4. The Labute approximate surface area is 239 Å². The molecule has 4 rings (SSSR count). The molecule has 0 aliphatic heterocycles. The first-order chi connectivity index (χ1) is 19.3. The lowest BCUT2D eigenvalue weighted by atomic mass is 10.2. The molecule has 0 saturated heterocycles. The molecule has 212 valence electrons. The molecule has 0 amide bonds. The number of carbonyl (C=O) groups excluding carboxylic acids is 1. The van der Waals surface area contributed by atoms with Crippen molar-refractivity contribution in [2.24, 2.45) is 0 Å². The number of nitrogens with zero attached hydrogens (tertiary/aromatic N) is 4. The fraction of sp³-hybridized carbons (Fsp3) is 0.111. The second kappa shape index (κ2) is 12.0. The van der Waals surface area contributed by atoms with Crippen LogP contribution in [0.4, 0.5) is 29.1 Å². The van der Waals surface area contributed by atoms with Crippen molar-refractivity contribution < 1.29 is 22.4 Å². The van der Waals surface area contributed by atoms with Gasteiger partial charge < -0.3 is 5.32 Å². The third kappa shape index (κ3) is 6.84. The summed E-state index contributed by atoms with van der Waals surface area (Å²) in [4.78, 5) is 43.6. The number of allylic oxidation sites excluding steroid dienone is 1. The number of carbonyl (C=O) groups is 1. The van der Waals surface area contributed by atoms with Crippen LogP contribution in [0.15, 0.2) is 88.9 Å². The zero-order valence-electron chi connectivity index (χ0n) is 21.0. The lowest BCUT2D eigenvalue weighted by Gasteiger charge is -2.23. The average molecular weight is 608 g/mol. The molecular formula is C27H19Cl2F4N5O3. The summed E-state index contributed by atoms with van der Waals surface area (Å²) in [7, 11) is 1.27. The number of aromatic nitrogens is 3. The highest BCUT2D eigenvalue weighted by Gasteiger charge is 2.32. The third-order valence-corrected chi connectivity index (χ3v) is 6.31. The predicted octanol–water partition coefficient (Wildman–Crippen LogP) is 5.63. The highest BCUT2D eigenvalue weighted by Crippen LogP contribution is 2.33. The van der Waals surface area contributed by atoms with Crippen molar-refractivity contribution in [3.63, 3.8) is 0 Å². The van der Waals surface area contributed by atoms with E-state index in [1.165, 1.54) is 25.4 Å². The van der Waals surface area contributed by atoms with Crippen molar-refractivity contribution in [3.05, 3.63) is 133 Å². The van der Waals surface area contributed by atoms with Gasteiger partial charge in [0.25, 0.3) is 5.56 Å². The molecule has 0 aliphatic rings. The van der Waals surface area contributed by atoms with Crippen LogP contribution in [0.2, 0.25) is 10.0 Å². The highest BCUT2D eigenvalue weighted by atomic mass is 35.5. The molecule has 0 spiro atoms. The number of rotatable bonds is 8. The Bertz CT molecular complexity index is 1730. The number of alkyl halides is 3.